The van der Waals surface area contributed by atoms with Crippen molar-refractivity contribution in [1.82, 2.24) is 10.2 Å². The molecule has 3 N–H and O–H groups in total. The highest BCUT2D eigenvalue weighted by molar-refractivity contribution is 8.32. The molecule has 2 atom stereocenters. The number of phenols is 1. The summed E-state index contributed by atoms with van der Waals surface area (Å²) in [6, 6.07) is 16.8. The Hall–Kier alpha value is -2.31. The van der Waals surface area contributed by atoms with Crippen LogP contribution in [0.5, 0.6) is 5.75 Å². The van der Waals surface area contributed by atoms with Crippen molar-refractivity contribution in [3.63, 3.8) is 0 Å². The van der Waals surface area contributed by atoms with Crippen molar-refractivity contribution in [2.24, 2.45) is 11.8 Å². The van der Waals surface area contributed by atoms with Gasteiger partial charge in [-0.05, 0) is 121 Å². The normalized spacial score (nSPS) is 21.7. The van der Waals surface area contributed by atoms with Crippen molar-refractivity contribution in [2.45, 2.75) is 38.0 Å². The molecule has 206 valence electrons. The first-order chi connectivity index (χ1) is 18.4. The Balaban J connectivity index is 1.70. The molecule has 2 aliphatic heterocycles. The van der Waals surface area contributed by atoms with Gasteiger partial charge in [-0.2, -0.15) is 0 Å². The minimum Gasteiger partial charge on any atom is -0.508 e. The third kappa shape index (κ3) is 6.81. The monoisotopic (exact) mass is 534 g/mol. The Kier molecular flexibility index (Phi) is 9.94. The molecular weight excluding hydrogens is 488 g/mol. The maximum absolute atomic E-state index is 9.99. The fourth-order valence-electron chi connectivity index (χ4n) is 6.08. The van der Waals surface area contributed by atoms with E-state index in [2.05, 4.69) is 79.1 Å². The number of phenolic OH excluding ortho intramolecular Hbond substituents is 1. The Labute approximate surface area is 231 Å². The highest BCUT2D eigenvalue weighted by atomic mass is 32.3. The lowest BCUT2D eigenvalue weighted by Gasteiger charge is -2.36. The van der Waals surface area contributed by atoms with E-state index in [0.717, 1.165) is 36.1 Å². The number of nitrogens with zero attached hydrogens (tertiary/aromatic N) is 1. The Morgan fingerprint density at radius 3 is 2.16 bits per heavy atom. The van der Waals surface area contributed by atoms with Gasteiger partial charge in [-0.1, -0.05) is 49.4 Å². The van der Waals surface area contributed by atoms with E-state index < -0.39 is 10.0 Å². The van der Waals surface area contributed by atoms with Crippen LogP contribution < -0.4 is 5.32 Å². The molecule has 2 aliphatic rings. The van der Waals surface area contributed by atoms with Crippen LogP contribution in [-0.4, -0.2) is 66.3 Å². The molecule has 4 rings (SSSR count). The number of aliphatic hydroxyl groups excluding tert-OH is 1. The minimum atomic E-state index is -0.955. The largest absolute Gasteiger partial charge is 0.508 e. The van der Waals surface area contributed by atoms with E-state index in [-0.39, 0.29) is 12.4 Å². The van der Waals surface area contributed by atoms with E-state index in [9.17, 15) is 10.2 Å². The summed E-state index contributed by atoms with van der Waals surface area (Å²) >= 11 is 0. The van der Waals surface area contributed by atoms with Gasteiger partial charge in [0, 0.05) is 25.6 Å². The van der Waals surface area contributed by atoms with Crippen molar-refractivity contribution in [3.05, 3.63) is 89.0 Å². The first kappa shape index (κ1) is 28.7. The highest BCUT2D eigenvalue weighted by Gasteiger charge is 2.37. The summed E-state index contributed by atoms with van der Waals surface area (Å²) < 4.78 is 0. The molecule has 2 saturated heterocycles. The second-order valence-electron chi connectivity index (χ2n) is 11.2. The van der Waals surface area contributed by atoms with Crippen LogP contribution in [0.25, 0.3) is 5.57 Å². The Morgan fingerprint density at radius 1 is 1.00 bits per heavy atom. The van der Waals surface area contributed by atoms with Crippen LogP contribution >= 0.6 is 10.0 Å². The zero-order valence-corrected chi connectivity index (χ0v) is 24.4. The molecule has 2 heterocycles. The molecule has 0 spiro atoms. The van der Waals surface area contributed by atoms with Crippen LogP contribution in [0.2, 0.25) is 0 Å². The summed E-state index contributed by atoms with van der Waals surface area (Å²) in [5, 5.41) is 23.3. The van der Waals surface area contributed by atoms with Crippen molar-refractivity contribution in [3.8, 4) is 5.75 Å². The van der Waals surface area contributed by atoms with Gasteiger partial charge in [-0.15, -0.1) is 0 Å². The fraction of sp³-hybridized carbons (Fsp3) is 0.455. The molecular formula is C33H46N2O2S. The quantitative estimate of drug-likeness (QED) is 0.292. The smallest absolute Gasteiger partial charge is 0.115 e. The number of hydrogen-bond acceptors (Lipinski definition) is 4. The first-order valence-electron chi connectivity index (χ1n) is 14.1. The van der Waals surface area contributed by atoms with E-state index in [0.29, 0.717) is 6.42 Å². The second kappa shape index (κ2) is 13.2. The molecule has 0 amide bonds. The van der Waals surface area contributed by atoms with Gasteiger partial charge in [0.1, 0.15) is 5.75 Å². The van der Waals surface area contributed by atoms with Crippen LogP contribution in [0, 0.1) is 11.8 Å². The van der Waals surface area contributed by atoms with Gasteiger partial charge in [0.2, 0.25) is 0 Å². The molecule has 2 unspecified atom stereocenters. The highest BCUT2D eigenvalue weighted by Crippen LogP contribution is 2.51. The number of nitrogens with one attached hydrogen (secondary N) is 1. The summed E-state index contributed by atoms with van der Waals surface area (Å²) in [7, 11) is -0.955. The second-order valence-corrected chi connectivity index (χ2v) is 15.0. The number of likely N-dealkylation sites (tertiary alicyclic amines) is 1. The Morgan fingerprint density at radius 2 is 1.61 bits per heavy atom. The van der Waals surface area contributed by atoms with Crippen LogP contribution in [0.1, 0.15) is 44.2 Å². The van der Waals surface area contributed by atoms with Gasteiger partial charge >= 0.3 is 0 Å². The van der Waals surface area contributed by atoms with Gasteiger partial charge in [0.05, 0.1) is 0 Å². The molecule has 2 fully saturated rings. The van der Waals surface area contributed by atoms with E-state index in [1.54, 1.807) is 12.1 Å². The molecule has 2 aromatic rings. The van der Waals surface area contributed by atoms with Crippen LogP contribution in [0.4, 0.5) is 0 Å². The average Bonchev–Trinajstić information content (AvgIpc) is 3.49. The lowest BCUT2D eigenvalue weighted by Crippen LogP contribution is -2.29. The predicted octanol–water partition coefficient (Wildman–Crippen LogP) is 6.41. The van der Waals surface area contributed by atoms with Gasteiger partial charge in [0.15, 0.2) is 0 Å². The minimum absolute atomic E-state index is 0.159. The van der Waals surface area contributed by atoms with Crippen LogP contribution in [0.3, 0.4) is 0 Å². The maximum Gasteiger partial charge on any atom is 0.115 e. The van der Waals surface area contributed by atoms with Gasteiger partial charge in [-0.25, -0.2) is 10.0 Å². The molecule has 0 radical (unpaired) electrons. The Bertz CT molecular complexity index is 1140. The summed E-state index contributed by atoms with van der Waals surface area (Å²) in [6.45, 7) is 9.19. The molecule has 0 aromatic heterocycles. The molecule has 4 nitrogen and oxygen atoms in total. The molecule has 0 aliphatic carbocycles. The van der Waals surface area contributed by atoms with Crippen LogP contribution in [0.15, 0.2) is 82.8 Å². The number of hydrogen-bond donors (Lipinski definition) is 3. The predicted molar refractivity (Wildman–Crippen MR) is 164 cm³/mol. The standard InChI is InChI=1S/C33H46N2O2S/c1-5-8-25(9-6-2)32(10-7-19-36)33(26-11-15-30(37)16-12-26)27-13-17-31(18-14-27)38(3,4)24-35-22-28-20-34-21-29(28)23-35/h5,8-9,11-18,28-29,34,36-37H,6-7,10,19-24H2,1-4H3/b8-5-,25-9+,33-32-. The zero-order chi connectivity index (χ0) is 27.1. The van der Waals surface area contributed by atoms with E-state index in [1.165, 1.54) is 53.4 Å². The molecule has 38 heavy (non-hydrogen) atoms. The number of fused-ring (bicyclic) bond motifs is 1. The topological polar surface area (TPSA) is 55.7 Å². The van der Waals surface area contributed by atoms with Crippen molar-refractivity contribution >= 4 is 15.6 Å². The number of aromatic hydroxyl groups is 1. The van der Waals surface area contributed by atoms with Crippen molar-refractivity contribution in [2.75, 3.05) is 51.2 Å². The van der Waals surface area contributed by atoms with Gasteiger partial charge in [0.25, 0.3) is 0 Å². The lowest BCUT2D eigenvalue weighted by atomic mass is 9.86. The van der Waals surface area contributed by atoms with Crippen molar-refractivity contribution in [1.29, 1.82) is 0 Å². The SMILES string of the molecule is C\C=C/C(=C\CC)C(/CCCO)=C(/c1ccc(O)cc1)c1ccc(S(C)(C)CN2CC3CNCC3C2)cc1. The number of benzene rings is 2. The first-order valence-corrected chi connectivity index (χ1v) is 16.7. The van der Waals surface area contributed by atoms with Crippen LogP contribution in [-0.2, 0) is 0 Å². The van der Waals surface area contributed by atoms with E-state index in [1.807, 2.05) is 12.1 Å². The van der Waals surface area contributed by atoms with E-state index >= 15 is 0 Å². The van der Waals surface area contributed by atoms with Crippen molar-refractivity contribution < 1.29 is 10.2 Å². The summed E-state index contributed by atoms with van der Waals surface area (Å²) in [5.74, 6) is 3.08. The lowest BCUT2D eigenvalue weighted by molar-refractivity contribution is 0.289. The number of aliphatic hydroxyl groups is 1. The fourth-order valence-corrected chi connectivity index (χ4v) is 8.23. The molecule has 0 saturated carbocycles. The molecule has 0 bridgehead atoms. The maximum atomic E-state index is 9.99. The summed E-state index contributed by atoms with van der Waals surface area (Å²) in [5.41, 5.74) is 5.88. The number of allylic oxidation sites excluding steroid dienone is 5. The third-order valence-corrected chi connectivity index (χ3v) is 10.5. The molecule has 5 heteroatoms. The van der Waals surface area contributed by atoms with Gasteiger partial charge in [-0.3, -0.25) is 4.90 Å². The molecule has 2 aromatic carbocycles. The van der Waals surface area contributed by atoms with E-state index in [4.69, 9.17) is 0 Å². The summed E-state index contributed by atoms with van der Waals surface area (Å²) in [4.78, 5) is 4.14. The average molecular weight is 535 g/mol. The van der Waals surface area contributed by atoms with Gasteiger partial charge < -0.3 is 15.5 Å². The zero-order valence-electron chi connectivity index (χ0n) is 23.6. The summed E-state index contributed by atoms with van der Waals surface area (Å²) in [6.07, 6.45) is 13.9. The number of rotatable bonds is 11. The third-order valence-electron chi connectivity index (χ3n) is 7.91.